The summed E-state index contributed by atoms with van der Waals surface area (Å²) in [6.07, 6.45) is 1.92. The number of hydrogen-bond donors (Lipinski definition) is 1. The van der Waals surface area contributed by atoms with Crippen molar-refractivity contribution in [2.45, 2.75) is 44.8 Å². The van der Waals surface area contributed by atoms with Gasteiger partial charge in [0.05, 0.1) is 11.4 Å². The molecule has 1 N–H and O–H groups in total. The lowest BCUT2D eigenvalue weighted by Crippen LogP contribution is -2.40. The Balaban J connectivity index is 1.62. The summed E-state index contributed by atoms with van der Waals surface area (Å²) in [6, 6.07) is 3.24. The van der Waals surface area contributed by atoms with Gasteiger partial charge in [-0.25, -0.2) is 4.98 Å². The quantitative estimate of drug-likeness (QED) is 0.847. The largest absolute Gasteiger partial charge is 0.437 e. The smallest absolute Gasteiger partial charge is 0.256 e. The topological polar surface area (TPSA) is 79.2 Å². The number of pyridine rings is 1. The van der Waals surface area contributed by atoms with Crippen molar-refractivity contribution in [3.05, 3.63) is 45.2 Å². The van der Waals surface area contributed by atoms with Crippen LogP contribution in [0.15, 0.2) is 26.6 Å². The minimum Gasteiger partial charge on any atom is -0.437 e. The lowest BCUT2D eigenvalue weighted by atomic mass is 9.94. The van der Waals surface area contributed by atoms with Crippen molar-refractivity contribution in [1.29, 1.82) is 0 Å². The standard InChI is InChI=1S/C18H23N3O3S/c1-11-7-15(22)8-16(19-11)14-5-4-6-21(9-14)17(23)10-25-18-20-12(2)13(3)24-18/h7-8,14H,4-6,9-10H2,1-3H3,(H,19,22)/t14-/m1/s1. The minimum atomic E-state index is 0.0138. The number of aromatic nitrogens is 2. The second-order valence-electron chi connectivity index (χ2n) is 6.54. The third-order valence-electron chi connectivity index (χ3n) is 4.54. The summed E-state index contributed by atoms with van der Waals surface area (Å²) in [6.45, 7) is 7.04. The Morgan fingerprint density at radius 1 is 1.40 bits per heavy atom. The van der Waals surface area contributed by atoms with Crippen LogP contribution in [0.1, 0.15) is 41.6 Å². The van der Waals surface area contributed by atoms with Gasteiger partial charge in [-0.1, -0.05) is 11.8 Å². The van der Waals surface area contributed by atoms with Crippen LogP contribution in [0.4, 0.5) is 0 Å². The molecule has 1 amide bonds. The molecule has 1 aliphatic heterocycles. The number of nitrogens with zero attached hydrogens (tertiary/aromatic N) is 2. The first-order valence-electron chi connectivity index (χ1n) is 8.48. The van der Waals surface area contributed by atoms with Crippen molar-refractivity contribution in [2.75, 3.05) is 18.8 Å². The van der Waals surface area contributed by atoms with E-state index in [9.17, 15) is 9.59 Å². The Hall–Kier alpha value is -2.02. The molecule has 1 saturated heterocycles. The molecule has 25 heavy (non-hydrogen) atoms. The van der Waals surface area contributed by atoms with Gasteiger partial charge in [0.25, 0.3) is 5.22 Å². The lowest BCUT2D eigenvalue weighted by molar-refractivity contribution is -0.129. The Kier molecular flexibility index (Phi) is 5.32. The molecule has 1 fully saturated rings. The number of aryl methyl sites for hydroxylation is 3. The molecule has 0 saturated carbocycles. The zero-order valence-electron chi connectivity index (χ0n) is 14.8. The van der Waals surface area contributed by atoms with Crippen molar-refractivity contribution in [3.63, 3.8) is 0 Å². The van der Waals surface area contributed by atoms with Gasteiger partial charge in [0, 0.05) is 42.5 Å². The molecular formula is C18H23N3O3S. The van der Waals surface area contributed by atoms with E-state index in [0.29, 0.717) is 17.5 Å². The number of thioether (sulfide) groups is 1. The molecule has 0 bridgehead atoms. The van der Waals surface area contributed by atoms with Crippen LogP contribution < -0.4 is 5.43 Å². The molecule has 0 aromatic carbocycles. The van der Waals surface area contributed by atoms with Gasteiger partial charge >= 0.3 is 0 Å². The van der Waals surface area contributed by atoms with E-state index in [-0.39, 0.29) is 17.3 Å². The maximum Gasteiger partial charge on any atom is 0.256 e. The summed E-state index contributed by atoms with van der Waals surface area (Å²) in [5.41, 5.74) is 2.65. The van der Waals surface area contributed by atoms with E-state index in [1.165, 1.54) is 11.8 Å². The number of amides is 1. The number of carbonyl (C=O) groups excluding carboxylic acids is 1. The van der Waals surface area contributed by atoms with Gasteiger partial charge in [-0.3, -0.25) is 9.59 Å². The van der Waals surface area contributed by atoms with E-state index in [0.717, 1.165) is 42.2 Å². The van der Waals surface area contributed by atoms with E-state index in [4.69, 9.17) is 4.42 Å². The van der Waals surface area contributed by atoms with E-state index in [2.05, 4.69) is 9.97 Å². The molecule has 1 aliphatic rings. The molecule has 6 nitrogen and oxygen atoms in total. The fourth-order valence-corrected chi connectivity index (χ4v) is 3.92. The number of hydrogen-bond acceptors (Lipinski definition) is 5. The maximum absolute atomic E-state index is 12.5. The fraction of sp³-hybridized carbons (Fsp3) is 0.500. The van der Waals surface area contributed by atoms with Crippen LogP contribution in [0.5, 0.6) is 0 Å². The van der Waals surface area contributed by atoms with Crippen molar-refractivity contribution in [3.8, 4) is 0 Å². The third kappa shape index (κ3) is 4.34. The summed E-state index contributed by atoms with van der Waals surface area (Å²) in [4.78, 5) is 33.7. The SMILES string of the molecule is Cc1cc(=O)cc([C@@H]2CCCN(C(=O)CSc3nc(C)c(C)o3)C2)[nH]1. The molecule has 0 unspecified atom stereocenters. The van der Waals surface area contributed by atoms with Crippen molar-refractivity contribution < 1.29 is 9.21 Å². The summed E-state index contributed by atoms with van der Waals surface area (Å²) in [5.74, 6) is 1.37. The summed E-state index contributed by atoms with van der Waals surface area (Å²) in [5, 5.41) is 0.542. The summed E-state index contributed by atoms with van der Waals surface area (Å²) < 4.78 is 5.51. The van der Waals surface area contributed by atoms with E-state index in [1.807, 2.05) is 25.7 Å². The number of carbonyl (C=O) groups is 1. The van der Waals surface area contributed by atoms with Crippen LogP contribution in [-0.2, 0) is 4.79 Å². The Bertz CT molecular complexity index is 808. The molecule has 134 valence electrons. The molecule has 0 aliphatic carbocycles. The van der Waals surface area contributed by atoms with Gasteiger partial charge in [-0.2, -0.15) is 0 Å². The van der Waals surface area contributed by atoms with Crippen LogP contribution >= 0.6 is 11.8 Å². The lowest BCUT2D eigenvalue weighted by Gasteiger charge is -2.32. The second kappa shape index (κ2) is 7.47. The van der Waals surface area contributed by atoms with E-state index < -0.39 is 0 Å². The Morgan fingerprint density at radius 3 is 2.88 bits per heavy atom. The first-order valence-corrected chi connectivity index (χ1v) is 9.46. The fourth-order valence-electron chi connectivity index (χ4n) is 3.11. The molecule has 2 aromatic heterocycles. The monoisotopic (exact) mass is 361 g/mol. The molecule has 3 heterocycles. The number of nitrogens with one attached hydrogen (secondary N) is 1. The first kappa shape index (κ1) is 17.8. The van der Waals surface area contributed by atoms with Gasteiger partial charge in [0.2, 0.25) is 5.91 Å². The molecule has 1 atom stereocenters. The number of aromatic amines is 1. The number of likely N-dealkylation sites (tertiary alicyclic amines) is 1. The number of H-pyrrole nitrogens is 1. The summed E-state index contributed by atoms with van der Waals surface area (Å²) >= 11 is 1.33. The molecule has 3 rings (SSSR count). The Labute approximate surface area is 151 Å². The van der Waals surface area contributed by atoms with Gasteiger partial charge in [-0.05, 0) is 33.6 Å². The second-order valence-corrected chi connectivity index (χ2v) is 7.47. The molecule has 7 heteroatoms. The van der Waals surface area contributed by atoms with Crippen molar-refractivity contribution >= 4 is 17.7 Å². The van der Waals surface area contributed by atoms with E-state index >= 15 is 0 Å². The predicted octanol–water partition coefficient (Wildman–Crippen LogP) is 2.79. The van der Waals surface area contributed by atoms with E-state index in [1.54, 1.807) is 12.1 Å². The highest BCUT2D eigenvalue weighted by atomic mass is 32.2. The number of rotatable bonds is 4. The summed E-state index contributed by atoms with van der Waals surface area (Å²) in [7, 11) is 0. The molecule has 2 aromatic rings. The molecular weight excluding hydrogens is 338 g/mol. The van der Waals surface area contributed by atoms with Crippen LogP contribution in [0.3, 0.4) is 0 Å². The Morgan fingerprint density at radius 2 is 2.20 bits per heavy atom. The third-order valence-corrected chi connectivity index (χ3v) is 5.35. The normalized spacial score (nSPS) is 17.7. The van der Waals surface area contributed by atoms with Crippen LogP contribution in [0.25, 0.3) is 0 Å². The van der Waals surface area contributed by atoms with Gasteiger partial charge < -0.3 is 14.3 Å². The maximum atomic E-state index is 12.5. The number of oxazole rings is 1. The number of piperidine rings is 1. The van der Waals surface area contributed by atoms with Crippen molar-refractivity contribution in [1.82, 2.24) is 14.9 Å². The van der Waals surface area contributed by atoms with Crippen LogP contribution in [-0.4, -0.2) is 39.6 Å². The van der Waals surface area contributed by atoms with Gasteiger partial charge in [0.15, 0.2) is 5.43 Å². The highest BCUT2D eigenvalue weighted by Gasteiger charge is 2.26. The highest BCUT2D eigenvalue weighted by molar-refractivity contribution is 7.99. The van der Waals surface area contributed by atoms with Crippen LogP contribution in [0, 0.1) is 20.8 Å². The minimum absolute atomic E-state index is 0.0138. The zero-order chi connectivity index (χ0) is 18.0. The predicted molar refractivity (Wildman–Crippen MR) is 97.1 cm³/mol. The molecule has 0 spiro atoms. The van der Waals surface area contributed by atoms with Gasteiger partial charge in [-0.15, -0.1) is 0 Å². The van der Waals surface area contributed by atoms with Crippen LogP contribution in [0.2, 0.25) is 0 Å². The molecule has 0 radical (unpaired) electrons. The first-order chi connectivity index (χ1) is 11.9. The zero-order valence-corrected chi connectivity index (χ0v) is 15.6. The average Bonchev–Trinajstić information content (AvgIpc) is 2.90. The average molecular weight is 361 g/mol. The van der Waals surface area contributed by atoms with Gasteiger partial charge in [0.1, 0.15) is 5.76 Å². The van der Waals surface area contributed by atoms with Crippen molar-refractivity contribution in [2.24, 2.45) is 0 Å². The highest BCUT2D eigenvalue weighted by Crippen LogP contribution is 2.26.